The minimum atomic E-state index is -0.141. The van der Waals surface area contributed by atoms with E-state index in [2.05, 4.69) is 15.5 Å². The first-order valence-corrected chi connectivity index (χ1v) is 7.04. The predicted octanol–water partition coefficient (Wildman–Crippen LogP) is 1.41. The second-order valence-electron chi connectivity index (χ2n) is 5.30. The fourth-order valence-corrected chi connectivity index (χ4v) is 1.69. The molecule has 1 aliphatic carbocycles. The highest BCUT2D eigenvalue weighted by atomic mass is 16.5. The number of nitrogens with zero attached hydrogens (tertiary/aromatic N) is 3. The van der Waals surface area contributed by atoms with Gasteiger partial charge in [0.15, 0.2) is 5.69 Å². The summed E-state index contributed by atoms with van der Waals surface area (Å²) in [5.41, 5.74) is 0.355. The van der Waals surface area contributed by atoms with Gasteiger partial charge in [0.25, 0.3) is 5.91 Å². The van der Waals surface area contributed by atoms with Crippen LogP contribution in [0.15, 0.2) is 12.1 Å². The molecule has 1 heterocycles. The number of carbonyl (C=O) groups excluding carboxylic acids is 1. The first-order valence-electron chi connectivity index (χ1n) is 7.04. The summed E-state index contributed by atoms with van der Waals surface area (Å²) in [7, 11) is 3.38. The van der Waals surface area contributed by atoms with Gasteiger partial charge in [-0.15, -0.1) is 10.2 Å². The summed E-state index contributed by atoms with van der Waals surface area (Å²) < 4.78 is 5.55. The number of hydrogen-bond donors (Lipinski definition) is 1. The van der Waals surface area contributed by atoms with Crippen molar-refractivity contribution in [1.82, 2.24) is 15.1 Å². The molecule has 0 atom stereocenters. The Balaban J connectivity index is 1.63. The zero-order chi connectivity index (χ0) is 14.4. The summed E-state index contributed by atoms with van der Waals surface area (Å²) in [6, 6.07) is 3.45. The largest absolute Gasteiger partial charge is 0.381 e. The zero-order valence-corrected chi connectivity index (χ0v) is 12.1. The smallest absolute Gasteiger partial charge is 0.273 e. The molecule has 110 valence electrons. The number of carbonyl (C=O) groups is 1. The Kier molecular flexibility index (Phi) is 5.29. The fraction of sp³-hybridized carbons (Fsp3) is 0.643. The first kappa shape index (κ1) is 14.7. The lowest BCUT2D eigenvalue weighted by molar-refractivity contribution is 0.0821. The van der Waals surface area contributed by atoms with E-state index >= 15 is 0 Å². The molecule has 6 heteroatoms. The number of amides is 1. The van der Waals surface area contributed by atoms with Crippen LogP contribution in [-0.2, 0) is 4.74 Å². The monoisotopic (exact) mass is 278 g/mol. The second kappa shape index (κ2) is 7.19. The van der Waals surface area contributed by atoms with Gasteiger partial charge >= 0.3 is 0 Å². The summed E-state index contributed by atoms with van der Waals surface area (Å²) in [4.78, 5) is 13.1. The maximum Gasteiger partial charge on any atom is 0.273 e. The summed E-state index contributed by atoms with van der Waals surface area (Å²) >= 11 is 0. The molecule has 1 aliphatic rings. The Hall–Kier alpha value is -1.69. The predicted molar refractivity (Wildman–Crippen MR) is 76.7 cm³/mol. The highest BCUT2D eigenvalue weighted by molar-refractivity contribution is 5.91. The summed E-state index contributed by atoms with van der Waals surface area (Å²) in [5.74, 6) is 1.36. The molecule has 0 spiro atoms. The normalized spacial score (nSPS) is 14.1. The molecular formula is C14H22N4O2. The highest BCUT2D eigenvalue weighted by Gasteiger charge is 2.20. The Morgan fingerprint density at radius 1 is 1.40 bits per heavy atom. The maximum atomic E-state index is 11.6. The van der Waals surface area contributed by atoms with E-state index in [1.54, 1.807) is 26.2 Å². The third kappa shape index (κ3) is 4.77. The first-order chi connectivity index (χ1) is 9.66. The van der Waals surface area contributed by atoms with Crippen molar-refractivity contribution in [3.63, 3.8) is 0 Å². The summed E-state index contributed by atoms with van der Waals surface area (Å²) in [5, 5.41) is 11.1. The van der Waals surface area contributed by atoms with Gasteiger partial charge in [0.05, 0.1) is 0 Å². The number of hydrogen-bond acceptors (Lipinski definition) is 5. The minimum absolute atomic E-state index is 0.141. The van der Waals surface area contributed by atoms with Crippen molar-refractivity contribution in [3.8, 4) is 0 Å². The van der Waals surface area contributed by atoms with Crippen LogP contribution in [0.25, 0.3) is 0 Å². The SMILES string of the molecule is CN(C)C(=O)c1ccc(NCCCOCC2CC2)nn1. The molecule has 1 fully saturated rings. The number of rotatable bonds is 8. The van der Waals surface area contributed by atoms with Crippen LogP contribution in [0.1, 0.15) is 29.8 Å². The van der Waals surface area contributed by atoms with E-state index < -0.39 is 0 Å². The average Bonchev–Trinajstić information content (AvgIpc) is 3.26. The number of nitrogens with one attached hydrogen (secondary N) is 1. The van der Waals surface area contributed by atoms with Crippen LogP contribution in [-0.4, -0.2) is 54.9 Å². The van der Waals surface area contributed by atoms with E-state index in [1.807, 2.05) is 0 Å². The highest BCUT2D eigenvalue weighted by Crippen LogP contribution is 2.28. The van der Waals surface area contributed by atoms with Crippen LogP contribution in [0.3, 0.4) is 0 Å². The molecule has 1 aromatic rings. The van der Waals surface area contributed by atoms with Crippen molar-refractivity contribution in [1.29, 1.82) is 0 Å². The molecule has 2 rings (SSSR count). The number of ether oxygens (including phenoxy) is 1. The topological polar surface area (TPSA) is 67.4 Å². The molecular weight excluding hydrogens is 256 g/mol. The summed E-state index contributed by atoms with van der Waals surface area (Å²) in [6.45, 7) is 2.47. The van der Waals surface area contributed by atoms with E-state index in [9.17, 15) is 4.79 Å². The van der Waals surface area contributed by atoms with Crippen LogP contribution in [0.5, 0.6) is 0 Å². The third-order valence-electron chi connectivity index (χ3n) is 3.11. The Morgan fingerprint density at radius 2 is 2.20 bits per heavy atom. The van der Waals surface area contributed by atoms with Crippen molar-refractivity contribution in [3.05, 3.63) is 17.8 Å². The zero-order valence-electron chi connectivity index (χ0n) is 12.1. The molecule has 0 saturated heterocycles. The molecule has 0 bridgehead atoms. The molecule has 0 radical (unpaired) electrons. The van der Waals surface area contributed by atoms with Crippen LogP contribution in [0.4, 0.5) is 5.82 Å². The van der Waals surface area contributed by atoms with Crippen LogP contribution in [0.2, 0.25) is 0 Å². The van der Waals surface area contributed by atoms with Crippen LogP contribution < -0.4 is 5.32 Å². The van der Waals surface area contributed by atoms with Crippen molar-refractivity contribution >= 4 is 11.7 Å². The molecule has 1 saturated carbocycles. The van der Waals surface area contributed by atoms with E-state index in [0.29, 0.717) is 11.5 Å². The van der Waals surface area contributed by atoms with E-state index in [0.717, 1.165) is 32.1 Å². The Morgan fingerprint density at radius 3 is 2.80 bits per heavy atom. The molecule has 0 aliphatic heterocycles. The maximum absolute atomic E-state index is 11.6. The van der Waals surface area contributed by atoms with Crippen molar-refractivity contribution in [2.75, 3.05) is 39.2 Å². The standard InChI is InChI=1S/C14H22N4O2/c1-18(2)14(19)12-6-7-13(17-16-12)15-8-3-9-20-10-11-4-5-11/h6-7,11H,3-5,8-10H2,1-2H3,(H,15,17). The Bertz CT molecular complexity index is 429. The molecule has 1 N–H and O–H groups in total. The van der Waals surface area contributed by atoms with E-state index in [1.165, 1.54) is 17.7 Å². The average molecular weight is 278 g/mol. The molecule has 1 aromatic heterocycles. The fourth-order valence-electron chi connectivity index (χ4n) is 1.69. The third-order valence-corrected chi connectivity index (χ3v) is 3.11. The second-order valence-corrected chi connectivity index (χ2v) is 5.30. The van der Waals surface area contributed by atoms with Gasteiger partial charge < -0.3 is 15.0 Å². The quantitative estimate of drug-likeness (QED) is 0.728. The summed E-state index contributed by atoms with van der Waals surface area (Å²) in [6.07, 6.45) is 3.59. The lowest BCUT2D eigenvalue weighted by Crippen LogP contribution is -2.23. The van der Waals surface area contributed by atoms with Crippen LogP contribution in [0, 0.1) is 5.92 Å². The lowest BCUT2D eigenvalue weighted by atomic mass is 10.3. The van der Waals surface area contributed by atoms with Crippen molar-refractivity contribution in [2.24, 2.45) is 5.92 Å². The minimum Gasteiger partial charge on any atom is -0.381 e. The van der Waals surface area contributed by atoms with Gasteiger partial charge in [0.2, 0.25) is 0 Å². The Labute approximate surface area is 119 Å². The van der Waals surface area contributed by atoms with Gasteiger partial charge in [-0.1, -0.05) is 0 Å². The van der Waals surface area contributed by atoms with Gasteiger partial charge in [-0.2, -0.15) is 0 Å². The number of anilines is 1. The molecule has 6 nitrogen and oxygen atoms in total. The lowest BCUT2D eigenvalue weighted by Gasteiger charge is -2.09. The van der Waals surface area contributed by atoms with Gasteiger partial charge in [-0.05, 0) is 37.3 Å². The molecule has 0 aromatic carbocycles. The van der Waals surface area contributed by atoms with Gasteiger partial charge in [-0.25, -0.2) is 0 Å². The van der Waals surface area contributed by atoms with Gasteiger partial charge in [0, 0.05) is 33.9 Å². The van der Waals surface area contributed by atoms with E-state index in [-0.39, 0.29) is 5.91 Å². The number of aromatic nitrogens is 2. The van der Waals surface area contributed by atoms with E-state index in [4.69, 9.17) is 4.74 Å². The molecule has 20 heavy (non-hydrogen) atoms. The molecule has 1 amide bonds. The van der Waals surface area contributed by atoms with Crippen molar-refractivity contribution in [2.45, 2.75) is 19.3 Å². The van der Waals surface area contributed by atoms with Crippen molar-refractivity contribution < 1.29 is 9.53 Å². The molecule has 0 unspecified atom stereocenters. The van der Waals surface area contributed by atoms with Gasteiger partial charge in [0.1, 0.15) is 5.82 Å². The van der Waals surface area contributed by atoms with Gasteiger partial charge in [-0.3, -0.25) is 4.79 Å². The van der Waals surface area contributed by atoms with Crippen LogP contribution >= 0.6 is 0 Å².